The monoisotopic (exact) mass is 282 g/mol. The lowest BCUT2D eigenvalue weighted by atomic mass is 10.2. The van der Waals surface area contributed by atoms with Gasteiger partial charge in [-0.1, -0.05) is 18.5 Å². The van der Waals surface area contributed by atoms with Gasteiger partial charge in [-0.25, -0.2) is 9.97 Å². The van der Waals surface area contributed by atoms with Gasteiger partial charge in [-0.15, -0.1) is 0 Å². The van der Waals surface area contributed by atoms with Crippen molar-refractivity contribution in [2.45, 2.75) is 39.8 Å². The van der Waals surface area contributed by atoms with Crippen LogP contribution in [0.3, 0.4) is 0 Å². The van der Waals surface area contributed by atoms with Gasteiger partial charge in [-0.05, 0) is 26.3 Å². The summed E-state index contributed by atoms with van der Waals surface area (Å²) in [5.41, 5.74) is 0.938. The number of hydrogen-bond acceptors (Lipinski definition) is 4. The maximum absolute atomic E-state index is 5.97. The summed E-state index contributed by atoms with van der Waals surface area (Å²) in [6.07, 6.45) is 1.22. The molecule has 0 radical (unpaired) electrons. The van der Waals surface area contributed by atoms with Gasteiger partial charge in [0.05, 0.1) is 6.54 Å². The van der Waals surface area contributed by atoms with Crippen molar-refractivity contribution >= 4 is 11.6 Å². The number of rotatable bonds is 4. The van der Waals surface area contributed by atoms with Gasteiger partial charge in [0.25, 0.3) is 0 Å². The minimum Gasteiger partial charge on any atom is -0.298 e. The zero-order valence-electron chi connectivity index (χ0n) is 12.1. The van der Waals surface area contributed by atoms with E-state index in [1.54, 1.807) is 6.07 Å². The fourth-order valence-electron chi connectivity index (χ4n) is 2.48. The molecule has 19 heavy (non-hydrogen) atoms. The van der Waals surface area contributed by atoms with Crippen molar-refractivity contribution in [2.24, 2.45) is 0 Å². The average Bonchev–Trinajstić information content (AvgIpc) is 2.37. The first-order chi connectivity index (χ1) is 9.08. The third kappa shape index (κ3) is 4.13. The average molecular weight is 283 g/mol. The second-order valence-corrected chi connectivity index (χ2v) is 5.70. The standard InChI is InChI=1S/C14H23ClN4/c1-4-12(3)19-7-5-18(6-8-19)10-14-16-11(2)9-13(15)17-14/h9,12H,4-8,10H2,1-3H3. The van der Waals surface area contributed by atoms with Crippen molar-refractivity contribution in [3.8, 4) is 0 Å². The summed E-state index contributed by atoms with van der Waals surface area (Å²) < 4.78 is 0. The molecule has 4 nitrogen and oxygen atoms in total. The van der Waals surface area contributed by atoms with Crippen LogP contribution in [-0.4, -0.2) is 52.0 Å². The van der Waals surface area contributed by atoms with Gasteiger partial charge >= 0.3 is 0 Å². The van der Waals surface area contributed by atoms with Gasteiger partial charge in [0, 0.05) is 37.9 Å². The van der Waals surface area contributed by atoms with Crippen molar-refractivity contribution < 1.29 is 0 Å². The summed E-state index contributed by atoms with van der Waals surface area (Å²) in [7, 11) is 0. The molecule has 0 aliphatic carbocycles. The first-order valence-corrected chi connectivity index (χ1v) is 7.42. The molecule has 106 valence electrons. The fraction of sp³-hybridized carbons (Fsp3) is 0.714. The molecule has 0 bridgehead atoms. The second kappa shape index (κ2) is 6.64. The predicted octanol–water partition coefficient (Wildman–Crippen LogP) is 2.35. The molecule has 2 heterocycles. The van der Waals surface area contributed by atoms with E-state index in [-0.39, 0.29) is 0 Å². The Morgan fingerprint density at radius 1 is 1.26 bits per heavy atom. The van der Waals surface area contributed by atoms with Crippen LogP contribution in [-0.2, 0) is 6.54 Å². The van der Waals surface area contributed by atoms with Crippen LogP contribution >= 0.6 is 11.6 Å². The topological polar surface area (TPSA) is 32.3 Å². The lowest BCUT2D eigenvalue weighted by Gasteiger charge is -2.37. The normalized spacial score (nSPS) is 19.6. The molecule has 0 spiro atoms. The van der Waals surface area contributed by atoms with E-state index in [0.29, 0.717) is 11.2 Å². The van der Waals surface area contributed by atoms with E-state index in [1.807, 2.05) is 6.92 Å². The van der Waals surface area contributed by atoms with Crippen LogP contribution in [0.2, 0.25) is 5.15 Å². The number of halogens is 1. The van der Waals surface area contributed by atoms with Crippen LogP contribution in [0.25, 0.3) is 0 Å². The lowest BCUT2D eigenvalue weighted by molar-refractivity contribution is 0.0947. The molecular weight excluding hydrogens is 260 g/mol. The number of piperazine rings is 1. The molecule has 1 fully saturated rings. The second-order valence-electron chi connectivity index (χ2n) is 5.32. The third-order valence-electron chi connectivity index (χ3n) is 3.86. The Kier molecular flexibility index (Phi) is 5.13. The zero-order chi connectivity index (χ0) is 13.8. The van der Waals surface area contributed by atoms with Gasteiger partial charge in [0.1, 0.15) is 11.0 Å². The molecule has 1 aromatic rings. The fourth-order valence-corrected chi connectivity index (χ4v) is 2.74. The van der Waals surface area contributed by atoms with Crippen molar-refractivity contribution in [3.63, 3.8) is 0 Å². The highest BCUT2D eigenvalue weighted by Gasteiger charge is 2.20. The van der Waals surface area contributed by atoms with E-state index in [9.17, 15) is 0 Å². The van der Waals surface area contributed by atoms with Crippen LogP contribution in [0.4, 0.5) is 0 Å². The molecule has 0 N–H and O–H groups in total. The molecule has 1 aliphatic heterocycles. The zero-order valence-corrected chi connectivity index (χ0v) is 12.8. The molecule has 0 amide bonds. The maximum atomic E-state index is 5.97. The minimum absolute atomic E-state index is 0.542. The maximum Gasteiger partial charge on any atom is 0.144 e. The molecular formula is C14H23ClN4. The van der Waals surface area contributed by atoms with Crippen LogP contribution < -0.4 is 0 Å². The highest BCUT2D eigenvalue weighted by atomic mass is 35.5. The van der Waals surface area contributed by atoms with Crippen LogP contribution in [0.1, 0.15) is 31.8 Å². The van der Waals surface area contributed by atoms with E-state index in [0.717, 1.165) is 44.2 Å². The van der Waals surface area contributed by atoms with Gasteiger partial charge in [0.15, 0.2) is 0 Å². The van der Waals surface area contributed by atoms with E-state index < -0.39 is 0 Å². The number of aromatic nitrogens is 2. The first kappa shape index (κ1) is 14.7. The van der Waals surface area contributed by atoms with E-state index in [2.05, 4.69) is 33.6 Å². The summed E-state index contributed by atoms with van der Waals surface area (Å²) in [5, 5.41) is 0.542. The molecule has 2 rings (SSSR count). The van der Waals surface area contributed by atoms with Gasteiger partial charge in [0.2, 0.25) is 0 Å². The molecule has 5 heteroatoms. The van der Waals surface area contributed by atoms with E-state index >= 15 is 0 Å². The Morgan fingerprint density at radius 3 is 2.53 bits per heavy atom. The Bertz CT molecular complexity index is 396. The van der Waals surface area contributed by atoms with Crippen molar-refractivity contribution in [1.82, 2.24) is 19.8 Å². The molecule has 0 saturated carbocycles. The molecule has 1 atom stereocenters. The Balaban J connectivity index is 1.88. The van der Waals surface area contributed by atoms with Crippen molar-refractivity contribution in [3.05, 3.63) is 22.7 Å². The van der Waals surface area contributed by atoms with Gasteiger partial charge in [-0.2, -0.15) is 0 Å². The minimum atomic E-state index is 0.542. The largest absolute Gasteiger partial charge is 0.298 e. The number of aryl methyl sites for hydroxylation is 1. The molecule has 1 unspecified atom stereocenters. The van der Waals surface area contributed by atoms with Gasteiger partial charge < -0.3 is 0 Å². The highest BCUT2D eigenvalue weighted by Crippen LogP contribution is 2.12. The molecule has 1 saturated heterocycles. The quantitative estimate of drug-likeness (QED) is 0.794. The number of nitrogens with zero attached hydrogens (tertiary/aromatic N) is 4. The van der Waals surface area contributed by atoms with Crippen LogP contribution in [0, 0.1) is 6.92 Å². The smallest absolute Gasteiger partial charge is 0.144 e. The summed E-state index contributed by atoms with van der Waals surface area (Å²) in [5.74, 6) is 0.835. The Labute approximate surface area is 120 Å². The summed E-state index contributed by atoms with van der Waals surface area (Å²) in [4.78, 5) is 13.7. The van der Waals surface area contributed by atoms with E-state index in [1.165, 1.54) is 6.42 Å². The Morgan fingerprint density at radius 2 is 1.95 bits per heavy atom. The Hall–Kier alpha value is -0.710. The van der Waals surface area contributed by atoms with Crippen LogP contribution in [0.5, 0.6) is 0 Å². The summed E-state index contributed by atoms with van der Waals surface area (Å²) in [6, 6.07) is 2.48. The third-order valence-corrected chi connectivity index (χ3v) is 4.05. The number of hydrogen-bond donors (Lipinski definition) is 0. The van der Waals surface area contributed by atoms with Crippen molar-refractivity contribution in [2.75, 3.05) is 26.2 Å². The highest BCUT2D eigenvalue weighted by molar-refractivity contribution is 6.29. The molecule has 1 aromatic heterocycles. The molecule has 0 aromatic carbocycles. The molecule has 1 aliphatic rings. The van der Waals surface area contributed by atoms with Crippen molar-refractivity contribution in [1.29, 1.82) is 0 Å². The lowest BCUT2D eigenvalue weighted by Crippen LogP contribution is -2.49. The van der Waals surface area contributed by atoms with Gasteiger partial charge in [-0.3, -0.25) is 9.80 Å². The summed E-state index contributed by atoms with van der Waals surface area (Å²) >= 11 is 5.97. The predicted molar refractivity (Wildman–Crippen MR) is 78.4 cm³/mol. The van der Waals surface area contributed by atoms with E-state index in [4.69, 9.17) is 11.6 Å². The first-order valence-electron chi connectivity index (χ1n) is 7.05. The SMILES string of the molecule is CCC(C)N1CCN(Cc2nc(C)cc(Cl)n2)CC1. The summed E-state index contributed by atoms with van der Waals surface area (Å²) in [6.45, 7) is 11.7. The van der Waals surface area contributed by atoms with Crippen LogP contribution in [0.15, 0.2) is 6.07 Å².